The molecule has 0 bridgehead atoms. The van der Waals surface area contributed by atoms with E-state index in [2.05, 4.69) is 4.98 Å². The van der Waals surface area contributed by atoms with E-state index in [1.54, 1.807) is 0 Å². The molecule has 1 heterocycles. The van der Waals surface area contributed by atoms with Crippen LogP contribution >= 0.6 is 11.3 Å². The molecule has 2 nitrogen and oxygen atoms in total. The van der Waals surface area contributed by atoms with Crippen LogP contribution in [0.4, 0.5) is 13.2 Å². The highest BCUT2D eigenvalue weighted by atomic mass is 32.1. The molecule has 0 amide bonds. The fourth-order valence-electron chi connectivity index (χ4n) is 0.759. The SMILES string of the molecule is NC(CC(F)(F)F)c1cncs1. The van der Waals surface area contributed by atoms with Crippen molar-refractivity contribution in [3.63, 3.8) is 0 Å². The molecular weight excluding hydrogens is 189 g/mol. The zero-order chi connectivity index (χ0) is 9.19. The van der Waals surface area contributed by atoms with Gasteiger partial charge in [0.1, 0.15) is 0 Å². The summed E-state index contributed by atoms with van der Waals surface area (Å²) in [6.07, 6.45) is -3.83. The van der Waals surface area contributed by atoms with Gasteiger partial charge in [0.15, 0.2) is 0 Å². The molecule has 6 heteroatoms. The van der Waals surface area contributed by atoms with Crippen LogP contribution in [-0.4, -0.2) is 11.2 Å². The van der Waals surface area contributed by atoms with Gasteiger partial charge >= 0.3 is 6.18 Å². The molecular formula is C6H7F3N2S. The van der Waals surface area contributed by atoms with E-state index in [0.29, 0.717) is 4.88 Å². The third kappa shape index (κ3) is 2.78. The number of hydrogen-bond acceptors (Lipinski definition) is 3. The molecule has 0 aliphatic rings. The number of thiazole rings is 1. The molecule has 0 fully saturated rings. The van der Waals surface area contributed by atoms with Gasteiger partial charge in [0.25, 0.3) is 0 Å². The van der Waals surface area contributed by atoms with E-state index >= 15 is 0 Å². The molecule has 0 aliphatic carbocycles. The van der Waals surface area contributed by atoms with Crippen molar-refractivity contribution in [3.05, 3.63) is 16.6 Å². The van der Waals surface area contributed by atoms with Gasteiger partial charge in [0, 0.05) is 17.1 Å². The van der Waals surface area contributed by atoms with Crippen LogP contribution in [0.15, 0.2) is 11.7 Å². The summed E-state index contributed by atoms with van der Waals surface area (Å²) in [4.78, 5) is 4.11. The molecule has 0 saturated heterocycles. The maximum Gasteiger partial charge on any atom is 0.390 e. The summed E-state index contributed by atoms with van der Waals surface area (Å²) in [5.41, 5.74) is 6.74. The Morgan fingerprint density at radius 3 is 2.67 bits per heavy atom. The van der Waals surface area contributed by atoms with Crippen LogP contribution in [0.1, 0.15) is 17.3 Å². The fraction of sp³-hybridized carbons (Fsp3) is 0.500. The zero-order valence-corrected chi connectivity index (χ0v) is 6.82. The van der Waals surface area contributed by atoms with Gasteiger partial charge in [-0.2, -0.15) is 13.2 Å². The molecule has 1 rings (SSSR count). The number of nitrogens with two attached hydrogens (primary N) is 1. The summed E-state index contributed by atoms with van der Waals surface area (Å²) in [6, 6.07) is -0.975. The lowest BCUT2D eigenvalue weighted by Gasteiger charge is -2.11. The number of halogens is 3. The Kier molecular flexibility index (Phi) is 2.69. The Balaban J connectivity index is 2.56. The van der Waals surface area contributed by atoms with Gasteiger partial charge in [0.2, 0.25) is 0 Å². The van der Waals surface area contributed by atoms with Gasteiger partial charge < -0.3 is 5.73 Å². The first-order chi connectivity index (χ1) is 5.49. The first-order valence-electron chi connectivity index (χ1n) is 3.20. The highest BCUT2D eigenvalue weighted by molar-refractivity contribution is 7.09. The largest absolute Gasteiger partial charge is 0.390 e. The van der Waals surface area contributed by atoms with E-state index < -0.39 is 18.6 Å². The van der Waals surface area contributed by atoms with E-state index in [1.807, 2.05) is 0 Å². The minimum Gasteiger partial charge on any atom is -0.323 e. The normalized spacial score (nSPS) is 14.7. The van der Waals surface area contributed by atoms with E-state index in [-0.39, 0.29) is 0 Å². The average Bonchev–Trinajstić information content (AvgIpc) is 2.32. The topological polar surface area (TPSA) is 38.9 Å². The second-order valence-electron chi connectivity index (χ2n) is 2.33. The molecule has 0 radical (unpaired) electrons. The van der Waals surface area contributed by atoms with E-state index in [1.165, 1.54) is 11.7 Å². The van der Waals surface area contributed by atoms with Crippen LogP contribution in [0.5, 0.6) is 0 Å². The van der Waals surface area contributed by atoms with Gasteiger partial charge in [0.05, 0.1) is 11.9 Å². The van der Waals surface area contributed by atoms with Crippen LogP contribution < -0.4 is 5.73 Å². The Morgan fingerprint density at radius 2 is 2.25 bits per heavy atom. The molecule has 0 saturated carbocycles. The minimum absolute atomic E-state index is 0.465. The molecule has 0 aromatic carbocycles. The summed E-state index contributed by atoms with van der Waals surface area (Å²) >= 11 is 1.14. The van der Waals surface area contributed by atoms with Gasteiger partial charge in [-0.25, -0.2) is 0 Å². The fourth-order valence-corrected chi connectivity index (χ4v) is 1.38. The van der Waals surface area contributed by atoms with Crippen molar-refractivity contribution in [1.29, 1.82) is 0 Å². The predicted octanol–water partition coefficient (Wildman–Crippen LogP) is 2.10. The van der Waals surface area contributed by atoms with Crippen LogP contribution in [0.25, 0.3) is 0 Å². The number of hydrogen-bond donors (Lipinski definition) is 1. The zero-order valence-electron chi connectivity index (χ0n) is 6.01. The smallest absolute Gasteiger partial charge is 0.323 e. The molecule has 2 N–H and O–H groups in total. The number of rotatable bonds is 2. The standard InChI is InChI=1S/C6H7F3N2S/c7-6(8,9)1-4(10)5-2-11-3-12-5/h2-4H,1,10H2. The van der Waals surface area contributed by atoms with Gasteiger partial charge in [-0.05, 0) is 0 Å². The molecule has 68 valence electrons. The minimum atomic E-state index is -4.20. The third-order valence-corrected chi connectivity index (χ3v) is 2.18. The van der Waals surface area contributed by atoms with Crippen LogP contribution in [-0.2, 0) is 0 Å². The van der Waals surface area contributed by atoms with Crippen LogP contribution in [0.2, 0.25) is 0 Å². The van der Waals surface area contributed by atoms with Crippen LogP contribution in [0.3, 0.4) is 0 Å². The molecule has 1 aromatic rings. The summed E-state index contributed by atoms with van der Waals surface area (Å²) < 4.78 is 35.4. The maximum absolute atomic E-state index is 11.8. The average molecular weight is 196 g/mol. The Bertz CT molecular complexity index is 231. The Hall–Kier alpha value is -0.620. The van der Waals surface area contributed by atoms with Crippen molar-refractivity contribution in [2.24, 2.45) is 5.73 Å². The predicted molar refractivity (Wildman–Crippen MR) is 39.7 cm³/mol. The first-order valence-corrected chi connectivity index (χ1v) is 4.08. The summed E-state index contributed by atoms with van der Waals surface area (Å²) in [7, 11) is 0. The second kappa shape index (κ2) is 3.40. The monoisotopic (exact) mass is 196 g/mol. The summed E-state index contributed by atoms with van der Waals surface area (Å²) in [6.45, 7) is 0. The third-order valence-electron chi connectivity index (χ3n) is 1.27. The number of nitrogens with zero attached hydrogens (tertiary/aromatic N) is 1. The highest BCUT2D eigenvalue weighted by Gasteiger charge is 2.31. The summed E-state index contributed by atoms with van der Waals surface area (Å²) in [5, 5.41) is 0. The van der Waals surface area contributed by atoms with Crippen molar-refractivity contribution in [3.8, 4) is 0 Å². The van der Waals surface area contributed by atoms with E-state index in [9.17, 15) is 13.2 Å². The summed E-state index contributed by atoms with van der Waals surface area (Å²) in [5.74, 6) is 0. The van der Waals surface area contributed by atoms with Crippen molar-refractivity contribution in [2.45, 2.75) is 18.6 Å². The maximum atomic E-state index is 11.8. The molecule has 1 atom stereocenters. The van der Waals surface area contributed by atoms with Gasteiger partial charge in [-0.15, -0.1) is 11.3 Å². The van der Waals surface area contributed by atoms with Gasteiger partial charge in [-0.3, -0.25) is 4.98 Å². The lowest BCUT2D eigenvalue weighted by atomic mass is 10.2. The molecule has 1 aromatic heterocycles. The van der Waals surface area contributed by atoms with Crippen molar-refractivity contribution in [1.82, 2.24) is 4.98 Å². The van der Waals surface area contributed by atoms with Crippen molar-refractivity contribution < 1.29 is 13.2 Å². The molecule has 1 unspecified atom stereocenters. The lowest BCUT2D eigenvalue weighted by Crippen LogP contribution is -2.19. The van der Waals surface area contributed by atoms with E-state index in [0.717, 1.165) is 11.3 Å². The highest BCUT2D eigenvalue weighted by Crippen LogP contribution is 2.28. The Labute approximate surface area is 71.2 Å². The lowest BCUT2D eigenvalue weighted by molar-refractivity contribution is -0.138. The second-order valence-corrected chi connectivity index (χ2v) is 3.25. The molecule has 0 aliphatic heterocycles. The van der Waals surface area contributed by atoms with E-state index in [4.69, 9.17) is 5.73 Å². The quantitative estimate of drug-likeness (QED) is 0.786. The van der Waals surface area contributed by atoms with Crippen LogP contribution in [0, 0.1) is 0 Å². The van der Waals surface area contributed by atoms with Gasteiger partial charge in [-0.1, -0.05) is 0 Å². The Morgan fingerprint density at radius 1 is 1.58 bits per heavy atom. The first kappa shape index (κ1) is 9.47. The van der Waals surface area contributed by atoms with Crippen molar-refractivity contribution in [2.75, 3.05) is 0 Å². The number of alkyl halides is 3. The van der Waals surface area contributed by atoms with Crippen molar-refractivity contribution >= 4 is 11.3 Å². The number of aromatic nitrogens is 1. The molecule has 0 spiro atoms. The molecule has 12 heavy (non-hydrogen) atoms.